The molecular formula is C23H15N3O8. The van der Waals surface area contributed by atoms with Crippen LogP contribution in [0.1, 0.15) is 42.5 Å². The Hall–Kier alpha value is -5.19. The Morgan fingerprint density at radius 2 is 1.21 bits per heavy atom. The van der Waals surface area contributed by atoms with Crippen molar-refractivity contribution in [3.8, 4) is 5.75 Å². The van der Waals surface area contributed by atoms with E-state index in [0.29, 0.717) is 11.4 Å². The van der Waals surface area contributed by atoms with Crippen molar-refractivity contribution in [3.63, 3.8) is 0 Å². The van der Waals surface area contributed by atoms with E-state index in [4.69, 9.17) is 14.9 Å². The lowest BCUT2D eigenvalue weighted by atomic mass is 10.1. The third kappa shape index (κ3) is 6.17. The van der Waals surface area contributed by atoms with Crippen LogP contribution in [-0.4, -0.2) is 57.1 Å². The number of rotatable bonds is 9. The van der Waals surface area contributed by atoms with Gasteiger partial charge in [0.25, 0.3) is 6.47 Å². The summed E-state index contributed by atoms with van der Waals surface area (Å²) in [5.41, 5.74) is 0.518. The van der Waals surface area contributed by atoms with Gasteiger partial charge in [-0.1, -0.05) is 6.07 Å². The number of aliphatic imine (C=N–C) groups is 2. The molecule has 3 rings (SSSR count). The van der Waals surface area contributed by atoms with Crippen molar-refractivity contribution in [3.05, 3.63) is 82.7 Å². The van der Waals surface area contributed by atoms with E-state index in [1.54, 1.807) is 18.2 Å². The Balaban J connectivity index is 1.86. The zero-order valence-corrected chi connectivity index (χ0v) is 17.2. The molecule has 0 atom stereocenters. The smallest absolute Gasteiger partial charge is 0.335 e. The molecule has 170 valence electrons. The molecule has 3 aromatic rings. The Bertz CT molecular complexity index is 1320. The van der Waals surface area contributed by atoms with E-state index < -0.39 is 17.9 Å². The molecule has 0 aliphatic heterocycles. The molecule has 0 unspecified atom stereocenters. The number of carbonyl (C=O) groups excluding carboxylic acids is 1. The number of aromatic carboxylic acids is 3. The quantitative estimate of drug-likeness (QED) is 0.319. The summed E-state index contributed by atoms with van der Waals surface area (Å²) in [6.07, 6.45) is 2.68. The summed E-state index contributed by atoms with van der Waals surface area (Å²) < 4.78 is 4.70. The molecule has 11 nitrogen and oxygen atoms in total. The van der Waals surface area contributed by atoms with Crippen LogP contribution in [-0.2, 0) is 4.79 Å². The first-order chi connectivity index (χ1) is 16.2. The molecule has 0 aliphatic carbocycles. The average Bonchev–Trinajstić information content (AvgIpc) is 2.81. The van der Waals surface area contributed by atoms with E-state index in [2.05, 4.69) is 15.0 Å². The number of carboxylic acid groups (broad SMARTS) is 3. The van der Waals surface area contributed by atoms with Crippen molar-refractivity contribution in [2.45, 2.75) is 0 Å². The van der Waals surface area contributed by atoms with Crippen LogP contribution in [0.25, 0.3) is 0 Å². The van der Waals surface area contributed by atoms with Crippen LogP contribution < -0.4 is 4.74 Å². The van der Waals surface area contributed by atoms with Crippen molar-refractivity contribution in [2.75, 3.05) is 0 Å². The second-order valence-electron chi connectivity index (χ2n) is 6.62. The van der Waals surface area contributed by atoms with E-state index in [9.17, 15) is 24.3 Å². The molecule has 0 bridgehead atoms. The summed E-state index contributed by atoms with van der Waals surface area (Å²) in [6.45, 7) is 0.171. The largest absolute Gasteiger partial charge is 0.478 e. The molecule has 0 saturated heterocycles. The van der Waals surface area contributed by atoms with E-state index >= 15 is 0 Å². The molecule has 11 heteroatoms. The molecule has 1 heterocycles. The van der Waals surface area contributed by atoms with Crippen LogP contribution >= 0.6 is 0 Å². The summed E-state index contributed by atoms with van der Waals surface area (Å²) >= 11 is 0. The minimum Gasteiger partial charge on any atom is -0.478 e. The Morgan fingerprint density at radius 1 is 0.735 bits per heavy atom. The summed E-state index contributed by atoms with van der Waals surface area (Å²) in [6, 6.07) is 12.2. The molecule has 0 spiro atoms. The maximum atomic E-state index is 11.2. The number of aromatic nitrogens is 1. The molecule has 0 amide bonds. The molecule has 34 heavy (non-hydrogen) atoms. The summed E-state index contributed by atoms with van der Waals surface area (Å²) in [7, 11) is 0. The Morgan fingerprint density at radius 3 is 1.68 bits per heavy atom. The second kappa shape index (κ2) is 10.4. The zero-order valence-electron chi connectivity index (χ0n) is 17.2. The predicted octanol–water partition coefficient (Wildman–Crippen LogP) is 3.21. The first-order valence-corrected chi connectivity index (χ1v) is 9.41. The van der Waals surface area contributed by atoms with Crippen LogP contribution in [0.15, 0.2) is 64.6 Å². The minimum absolute atomic E-state index is 0.0141. The third-order valence-electron chi connectivity index (χ3n) is 4.22. The van der Waals surface area contributed by atoms with Gasteiger partial charge in [-0.15, -0.1) is 0 Å². The topological polar surface area (TPSA) is 176 Å². The first-order valence-electron chi connectivity index (χ1n) is 9.41. The maximum absolute atomic E-state index is 11.2. The number of benzene rings is 2. The van der Waals surface area contributed by atoms with Crippen molar-refractivity contribution in [1.82, 2.24) is 4.98 Å². The normalized spacial score (nSPS) is 10.9. The summed E-state index contributed by atoms with van der Waals surface area (Å²) in [4.78, 5) is 56.8. The number of hydrogen-bond acceptors (Lipinski definition) is 8. The van der Waals surface area contributed by atoms with E-state index in [1.807, 2.05) is 0 Å². The van der Waals surface area contributed by atoms with Crippen LogP contribution in [0.3, 0.4) is 0 Å². The highest BCUT2D eigenvalue weighted by molar-refractivity contribution is 5.96. The molecule has 0 radical (unpaired) electrons. The maximum Gasteiger partial charge on any atom is 0.335 e. The van der Waals surface area contributed by atoms with Gasteiger partial charge in [-0.2, -0.15) is 0 Å². The van der Waals surface area contributed by atoms with Gasteiger partial charge in [0.1, 0.15) is 5.75 Å². The van der Waals surface area contributed by atoms with Crippen molar-refractivity contribution in [1.29, 1.82) is 0 Å². The number of pyridine rings is 1. The molecule has 0 aliphatic rings. The van der Waals surface area contributed by atoms with Crippen molar-refractivity contribution < 1.29 is 39.2 Å². The average molecular weight is 461 g/mol. The molecule has 0 fully saturated rings. The van der Waals surface area contributed by atoms with Gasteiger partial charge in [-0.05, 0) is 42.5 Å². The van der Waals surface area contributed by atoms with Crippen LogP contribution in [0.4, 0.5) is 11.4 Å². The predicted molar refractivity (Wildman–Crippen MR) is 119 cm³/mol. The van der Waals surface area contributed by atoms with Gasteiger partial charge in [0.2, 0.25) is 0 Å². The van der Waals surface area contributed by atoms with Crippen LogP contribution in [0.5, 0.6) is 5.75 Å². The van der Waals surface area contributed by atoms with E-state index in [-0.39, 0.29) is 40.3 Å². The fraction of sp³-hybridized carbons (Fsp3) is 0. The Kier molecular flexibility index (Phi) is 7.19. The zero-order chi connectivity index (χ0) is 24.7. The van der Waals surface area contributed by atoms with Gasteiger partial charge < -0.3 is 20.1 Å². The molecule has 1 aromatic heterocycles. The highest BCUT2D eigenvalue weighted by atomic mass is 16.5. The molecule has 3 N–H and O–H groups in total. The number of nitrogens with zero attached hydrogens (tertiary/aromatic N) is 3. The fourth-order valence-corrected chi connectivity index (χ4v) is 2.73. The van der Waals surface area contributed by atoms with Crippen LogP contribution in [0.2, 0.25) is 0 Å². The van der Waals surface area contributed by atoms with E-state index in [1.165, 1.54) is 42.8 Å². The SMILES string of the molecule is O=COc1cc(/N=C/c2cccc(/C=N/c3cc(C(=O)O)cc(C(=O)O)c3)n2)cc(C(=O)O)c1. The first kappa shape index (κ1) is 23.5. The molecule has 0 saturated carbocycles. The highest BCUT2D eigenvalue weighted by Crippen LogP contribution is 2.23. The van der Waals surface area contributed by atoms with Gasteiger partial charge in [-0.25, -0.2) is 19.4 Å². The fourth-order valence-electron chi connectivity index (χ4n) is 2.73. The van der Waals surface area contributed by atoms with Gasteiger partial charge in [0, 0.05) is 6.07 Å². The summed E-state index contributed by atoms with van der Waals surface area (Å²) in [5, 5.41) is 27.5. The standard InChI is InChI=1S/C23H15N3O8/c27-12-34-20-8-15(23(32)33)7-19(9-20)25-11-17-3-1-2-16(26-17)10-24-18-5-13(21(28)29)4-14(6-18)22(30)31/h1-12H,(H,28,29)(H,30,31)(H,32,33)/b24-10+,25-11+. The molecule has 2 aromatic carbocycles. The lowest BCUT2D eigenvalue weighted by molar-refractivity contribution is -0.120. The lowest BCUT2D eigenvalue weighted by Crippen LogP contribution is -2.02. The van der Waals surface area contributed by atoms with Gasteiger partial charge in [-0.3, -0.25) is 14.8 Å². The van der Waals surface area contributed by atoms with Crippen molar-refractivity contribution in [2.24, 2.45) is 9.98 Å². The second-order valence-corrected chi connectivity index (χ2v) is 6.62. The molecular weight excluding hydrogens is 446 g/mol. The van der Waals surface area contributed by atoms with Crippen molar-refractivity contribution >= 4 is 48.2 Å². The number of hydrogen-bond donors (Lipinski definition) is 3. The van der Waals surface area contributed by atoms with Gasteiger partial charge in [0.15, 0.2) is 0 Å². The highest BCUT2D eigenvalue weighted by Gasteiger charge is 2.11. The minimum atomic E-state index is -1.29. The number of ether oxygens (including phenoxy) is 1. The Labute approximate surface area is 191 Å². The lowest BCUT2D eigenvalue weighted by Gasteiger charge is -2.03. The monoisotopic (exact) mass is 461 g/mol. The van der Waals surface area contributed by atoms with Crippen LogP contribution in [0, 0.1) is 0 Å². The third-order valence-corrected chi connectivity index (χ3v) is 4.22. The summed E-state index contributed by atoms with van der Waals surface area (Å²) in [5.74, 6) is -3.78. The van der Waals surface area contributed by atoms with E-state index in [0.717, 1.165) is 6.07 Å². The van der Waals surface area contributed by atoms with Gasteiger partial charge >= 0.3 is 17.9 Å². The van der Waals surface area contributed by atoms with Gasteiger partial charge in [0.05, 0.1) is 51.9 Å². The number of carbonyl (C=O) groups is 4. The number of carboxylic acids is 3.